The first-order valence-corrected chi connectivity index (χ1v) is 7.45. The van der Waals surface area contributed by atoms with Gasteiger partial charge in [-0.2, -0.15) is 0 Å². The standard InChI is InChI=1S/C16H16BrF2NO/c1-2-20-9-11-3-6-16(15(19)7-11)21-10-12-4-5-13(17)8-14(12)18/h3-8,20H,2,9-10H2,1H3. The summed E-state index contributed by atoms with van der Waals surface area (Å²) in [5.41, 5.74) is 1.23. The first-order chi connectivity index (χ1) is 10.1. The van der Waals surface area contributed by atoms with Crippen LogP contribution in [0.2, 0.25) is 0 Å². The largest absolute Gasteiger partial charge is 0.486 e. The molecule has 0 amide bonds. The molecule has 2 aromatic rings. The van der Waals surface area contributed by atoms with Crippen LogP contribution < -0.4 is 10.1 Å². The molecule has 2 rings (SSSR count). The Balaban J connectivity index is 2.02. The molecule has 21 heavy (non-hydrogen) atoms. The third-order valence-electron chi connectivity index (χ3n) is 2.97. The first-order valence-electron chi connectivity index (χ1n) is 6.66. The number of ether oxygens (including phenoxy) is 1. The summed E-state index contributed by atoms with van der Waals surface area (Å²) in [5, 5.41) is 3.12. The smallest absolute Gasteiger partial charge is 0.165 e. The van der Waals surface area contributed by atoms with Gasteiger partial charge in [-0.25, -0.2) is 8.78 Å². The van der Waals surface area contributed by atoms with Gasteiger partial charge in [-0.15, -0.1) is 0 Å². The molecule has 0 aliphatic heterocycles. The summed E-state index contributed by atoms with van der Waals surface area (Å²) in [6.07, 6.45) is 0. The van der Waals surface area contributed by atoms with Gasteiger partial charge in [0.2, 0.25) is 0 Å². The Morgan fingerprint density at radius 1 is 1.10 bits per heavy atom. The molecule has 0 fully saturated rings. The van der Waals surface area contributed by atoms with E-state index in [2.05, 4.69) is 21.2 Å². The Kier molecular flexibility index (Phi) is 5.70. The summed E-state index contributed by atoms with van der Waals surface area (Å²) in [6, 6.07) is 9.47. The highest BCUT2D eigenvalue weighted by atomic mass is 79.9. The molecule has 0 radical (unpaired) electrons. The van der Waals surface area contributed by atoms with Gasteiger partial charge in [0.25, 0.3) is 0 Å². The van der Waals surface area contributed by atoms with E-state index in [1.165, 1.54) is 12.1 Å². The summed E-state index contributed by atoms with van der Waals surface area (Å²) in [5.74, 6) is -0.700. The Morgan fingerprint density at radius 2 is 1.90 bits per heavy atom. The zero-order valence-corrected chi connectivity index (χ0v) is 13.2. The number of benzene rings is 2. The highest BCUT2D eigenvalue weighted by molar-refractivity contribution is 9.10. The van der Waals surface area contributed by atoms with E-state index in [1.54, 1.807) is 24.3 Å². The molecule has 5 heteroatoms. The van der Waals surface area contributed by atoms with Gasteiger partial charge >= 0.3 is 0 Å². The van der Waals surface area contributed by atoms with Crippen molar-refractivity contribution in [1.29, 1.82) is 0 Å². The maximum atomic E-state index is 13.9. The molecule has 1 N–H and O–H groups in total. The lowest BCUT2D eigenvalue weighted by Crippen LogP contribution is -2.11. The molecule has 0 saturated heterocycles. The van der Waals surface area contributed by atoms with E-state index in [4.69, 9.17) is 4.74 Å². The van der Waals surface area contributed by atoms with Crippen LogP contribution in [0.15, 0.2) is 40.9 Å². The van der Waals surface area contributed by atoms with Crippen LogP contribution in [0.3, 0.4) is 0 Å². The Hall–Kier alpha value is -1.46. The third-order valence-corrected chi connectivity index (χ3v) is 3.47. The molecule has 112 valence electrons. The first kappa shape index (κ1) is 15.9. The average Bonchev–Trinajstić information content (AvgIpc) is 2.45. The number of halogens is 3. The van der Waals surface area contributed by atoms with Crippen LogP contribution in [-0.2, 0) is 13.2 Å². The van der Waals surface area contributed by atoms with Crippen molar-refractivity contribution >= 4 is 15.9 Å². The Labute approximate surface area is 131 Å². The van der Waals surface area contributed by atoms with Gasteiger partial charge in [-0.1, -0.05) is 35.0 Å². The van der Waals surface area contributed by atoms with Crippen molar-refractivity contribution in [3.63, 3.8) is 0 Å². The van der Waals surface area contributed by atoms with Gasteiger partial charge in [0, 0.05) is 16.6 Å². The quantitative estimate of drug-likeness (QED) is 0.828. The van der Waals surface area contributed by atoms with Gasteiger partial charge in [0.15, 0.2) is 11.6 Å². The SMILES string of the molecule is CCNCc1ccc(OCc2ccc(Br)cc2F)c(F)c1. The average molecular weight is 356 g/mol. The summed E-state index contributed by atoms with van der Waals surface area (Å²) in [6.45, 7) is 3.40. The molecule has 0 bridgehead atoms. The van der Waals surface area contributed by atoms with Crippen LogP contribution in [0.1, 0.15) is 18.1 Å². The lowest BCUT2D eigenvalue weighted by Gasteiger charge is -2.10. The zero-order chi connectivity index (χ0) is 15.2. The number of hydrogen-bond acceptors (Lipinski definition) is 2. The van der Waals surface area contributed by atoms with Crippen molar-refractivity contribution < 1.29 is 13.5 Å². The molecule has 0 aliphatic rings. The molecule has 2 nitrogen and oxygen atoms in total. The molecule has 0 aromatic heterocycles. The maximum Gasteiger partial charge on any atom is 0.165 e. The second kappa shape index (κ2) is 7.52. The zero-order valence-electron chi connectivity index (χ0n) is 11.6. The van der Waals surface area contributed by atoms with Crippen LogP contribution in [0.25, 0.3) is 0 Å². The Morgan fingerprint density at radius 3 is 2.57 bits per heavy atom. The second-order valence-electron chi connectivity index (χ2n) is 4.57. The fourth-order valence-corrected chi connectivity index (χ4v) is 2.17. The fraction of sp³-hybridized carbons (Fsp3) is 0.250. The van der Waals surface area contributed by atoms with Gasteiger partial charge in [0.1, 0.15) is 12.4 Å². The molecule has 0 atom stereocenters. The van der Waals surface area contributed by atoms with E-state index >= 15 is 0 Å². The molecule has 0 spiro atoms. The monoisotopic (exact) mass is 355 g/mol. The van der Waals surface area contributed by atoms with Crippen molar-refractivity contribution in [3.8, 4) is 5.75 Å². The van der Waals surface area contributed by atoms with Crippen molar-refractivity contribution in [2.75, 3.05) is 6.54 Å². The van der Waals surface area contributed by atoms with Crippen LogP contribution in [-0.4, -0.2) is 6.54 Å². The fourth-order valence-electron chi connectivity index (χ4n) is 1.83. The highest BCUT2D eigenvalue weighted by Gasteiger charge is 2.08. The minimum Gasteiger partial charge on any atom is -0.486 e. The van der Waals surface area contributed by atoms with Crippen LogP contribution in [0.5, 0.6) is 5.75 Å². The van der Waals surface area contributed by atoms with Gasteiger partial charge < -0.3 is 10.1 Å². The summed E-state index contributed by atoms with van der Waals surface area (Å²) in [4.78, 5) is 0. The van der Waals surface area contributed by atoms with Crippen LogP contribution in [0.4, 0.5) is 8.78 Å². The molecule has 2 aromatic carbocycles. The van der Waals surface area contributed by atoms with Gasteiger partial charge in [-0.3, -0.25) is 0 Å². The van der Waals surface area contributed by atoms with E-state index in [9.17, 15) is 8.78 Å². The predicted molar refractivity (Wildman–Crippen MR) is 82.2 cm³/mol. The Bertz CT molecular complexity index is 619. The molecule has 0 heterocycles. The molecule has 0 unspecified atom stereocenters. The van der Waals surface area contributed by atoms with E-state index in [-0.39, 0.29) is 18.2 Å². The molecular weight excluding hydrogens is 340 g/mol. The van der Waals surface area contributed by atoms with Gasteiger partial charge in [-0.05, 0) is 36.4 Å². The normalized spacial score (nSPS) is 10.7. The van der Waals surface area contributed by atoms with Crippen molar-refractivity contribution in [3.05, 3.63) is 63.6 Å². The number of nitrogens with one attached hydrogen (secondary N) is 1. The predicted octanol–water partition coefficient (Wildman–Crippen LogP) is 4.42. The van der Waals surface area contributed by atoms with Gasteiger partial charge in [0.05, 0.1) is 0 Å². The molecular formula is C16H16BrF2NO. The van der Waals surface area contributed by atoms with Crippen LogP contribution in [0, 0.1) is 11.6 Å². The summed E-state index contributed by atoms with van der Waals surface area (Å²) >= 11 is 3.19. The van der Waals surface area contributed by atoms with Crippen molar-refractivity contribution in [2.45, 2.75) is 20.1 Å². The van der Waals surface area contributed by atoms with E-state index in [0.717, 1.165) is 12.1 Å². The summed E-state index contributed by atoms with van der Waals surface area (Å²) in [7, 11) is 0. The minimum absolute atomic E-state index is 0.0113. The topological polar surface area (TPSA) is 21.3 Å². The van der Waals surface area contributed by atoms with Crippen LogP contribution >= 0.6 is 15.9 Å². The third kappa shape index (κ3) is 4.51. The number of hydrogen-bond donors (Lipinski definition) is 1. The lowest BCUT2D eigenvalue weighted by molar-refractivity contribution is 0.284. The lowest BCUT2D eigenvalue weighted by atomic mass is 10.2. The van der Waals surface area contributed by atoms with Crippen molar-refractivity contribution in [2.24, 2.45) is 0 Å². The molecule has 0 saturated carbocycles. The molecule has 0 aliphatic carbocycles. The second-order valence-corrected chi connectivity index (χ2v) is 5.49. The highest BCUT2D eigenvalue weighted by Crippen LogP contribution is 2.21. The minimum atomic E-state index is -0.442. The number of rotatable bonds is 6. The van der Waals surface area contributed by atoms with E-state index in [0.29, 0.717) is 16.6 Å². The maximum absolute atomic E-state index is 13.9. The van der Waals surface area contributed by atoms with E-state index in [1.807, 2.05) is 6.92 Å². The van der Waals surface area contributed by atoms with Crippen molar-refractivity contribution in [1.82, 2.24) is 5.32 Å². The summed E-state index contributed by atoms with van der Waals surface area (Å²) < 4.78 is 33.5. The van der Waals surface area contributed by atoms with E-state index < -0.39 is 5.82 Å².